The third-order valence-corrected chi connectivity index (χ3v) is 4.08. The highest BCUT2D eigenvalue weighted by Gasteiger charge is 2.25. The van der Waals surface area contributed by atoms with Crippen molar-refractivity contribution in [1.29, 1.82) is 0 Å². The van der Waals surface area contributed by atoms with Crippen LogP contribution >= 0.6 is 11.8 Å². The molecule has 1 amide bonds. The molecule has 2 aromatic rings. The Bertz CT molecular complexity index is 878. The first-order chi connectivity index (χ1) is 11.5. The van der Waals surface area contributed by atoms with Crippen LogP contribution in [0.4, 0.5) is 11.4 Å². The zero-order valence-electron chi connectivity index (χ0n) is 12.2. The lowest BCUT2D eigenvalue weighted by Crippen LogP contribution is -2.19. The van der Waals surface area contributed by atoms with Crippen molar-refractivity contribution in [3.05, 3.63) is 69.1 Å². The summed E-state index contributed by atoms with van der Waals surface area (Å²) in [5.74, 6) is -0.850. The van der Waals surface area contributed by atoms with Gasteiger partial charge in [0.2, 0.25) is 5.75 Å². The number of rotatable bonds is 3. The van der Waals surface area contributed by atoms with Crippen molar-refractivity contribution in [1.82, 2.24) is 5.32 Å². The first-order valence-electron chi connectivity index (χ1n) is 6.85. The average molecular weight is 341 g/mol. The summed E-state index contributed by atoms with van der Waals surface area (Å²) in [6.45, 7) is 0. The highest BCUT2D eigenvalue weighted by atomic mass is 32.2. The molecule has 120 valence electrons. The van der Waals surface area contributed by atoms with Crippen LogP contribution in [0.5, 0.6) is 5.75 Å². The van der Waals surface area contributed by atoms with Crippen LogP contribution in [0.15, 0.2) is 58.4 Å². The van der Waals surface area contributed by atoms with Crippen LogP contribution in [0.25, 0.3) is 6.08 Å². The molecule has 0 saturated carbocycles. The number of para-hydroxylation sites is 2. The van der Waals surface area contributed by atoms with Gasteiger partial charge in [-0.1, -0.05) is 30.3 Å². The molecule has 3 rings (SSSR count). The molecule has 1 aliphatic rings. The van der Waals surface area contributed by atoms with E-state index >= 15 is 0 Å². The SMILES string of the molecule is O=C1NC(=Nc2ccccc2)SC1=Cc1cccc([N+](=O)[O-])c1O. The minimum Gasteiger partial charge on any atom is -0.502 e. The second-order valence-corrected chi connectivity index (χ2v) is 5.82. The molecule has 7 nitrogen and oxygen atoms in total. The van der Waals surface area contributed by atoms with Crippen molar-refractivity contribution in [3.63, 3.8) is 0 Å². The highest BCUT2D eigenvalue weighted by Crippen LogP contribution is 2.34. The minimum atomic E-state index is -0.679. The molecule has 1 fully saturated rings. The number of phenols is 1. The Labute approximate surface area is 140 Å². The fraction of sp³-hybridized carbons (Fsp3) is 0. The molecule has 0 unspecified atom stereocenters. The number of carbonyl (C=O) groups excluding carboxylic acids is 1. The Balaban J connectivity index is 1.90. The van der Waals surface area contributed by atoms with Gasteiger partial charge in [-0.25, -0.2) is 4.99 Å². The summed E-state index contributed by atoms with van der Waals surface area (Å²) in [6.07, 6.45) is 1.40. The standard InChI is InChI=1S/C16H11N3O4S/c20-14-10(5-4-8-12(14)19(22)23)9-13-15(21)18-16(24-13)17-11-6-2-1-3-7-11/h1-9,20H,(H,17,18,21). The lowest BCUT2D eigenvalue weighted by Gasteiger charge is -2.00. The van der Waals surface area contributed by atoms with E-state index < -0.39 is 16.4 Å². The van der Waals surface area contributed by atoms with Gasteiger partial charge in [0.15, 0.2) is 5.17 Å². The second kappa shape index (κ2) is 6.55. The maximum Gasteiger partial charge on any atom is 0.311 e. The molecular formula is C16H11N3O4S. The Kier molecular flexibility index (Phi) is 4.30. The number of aliphatic imine (C=N–C) groups is 1. The van der Waals surface area contributed by atoms with Crippen LogP contribution in [0.3, 0.4) is 0 Å². The third-order valence-electron chi connectivity index (χ3n) is 3.17. The molecule has 0 spiro atoms. The summed E-state index contributed by atoms with van der Waals surface area (Å²) in [5, 5.41) is 23.8. The minimum absolute atomic E-state index is 0.197. The van der Waals surface area contributed by atoms with E-state index in [-0.39, 0.29) is 11.5 Å². The number of hydrogen-bond donors (Lipinski definition) is 2. The fourth-order valence-electron chi connectivity index (χ4n) is 2.05. The summed E-state index contributed by atoms with van der Waals surface area (Å²) < 4.78 is 0. The zero-order valence-corrected chi connectivity index (χ0v) is 13.0. The predicted octanol–water partition coefficient (Wildman–Crippen LogP) is 3.19. The van der Waals surface area contributed by atoms with E-state index in [1.165, 1.54) is 24.3 Å². The Morgan fingerprint density at radius 3 is 2.62 bits per heavy atom. The van der Waals surface area contributed by atoms with Crippen molar-refractivity contribution < 1.29 is 14.8 Å². The molecule has 2 N–H and O–H groups in total. The molecule has 8 heteroatoms. The van der Waals surface area contributed by atoms with Gasteiger partial charge in [-0.15, -0.1) is 0 Å². The number of nitrogens with one attached hydrogen (secondary N) is 1. The summed E-state index contributed by atoms with van der Waals surface area (Å²) in [5.41, 5.74) is 0.480. The number of carbonyl (C=O) groups is 1. The summed E-state index contributed by atoms with van der Waals surface area (Å²) in [4.78, 5) is 26.8. The molecule has 0 atom stereocenters. The van der Waals surface area contributed by atoms with Crippen LogP contribution in [0.1, 0.15) is 5.56 Å². The maximum absolute atomic E-state index is 12.0. The molecule has 0 aliphatic carbocycles. The normalized spacial score (nSPS) is 17.2. The van der Waals surface area contributed by atoms with Gasteiger partial charge >= 0.3 is 5.69 Å². The van der Waals surface area contributed by atoms with Crippen molar-refractivity contribution in [2.45, 2.75) is 0 Å². The number of nitro groups is 1. The summed E-state index contributed by atoms with van der Waals surface area (Å²) in [7, 11) is 0. The van der Waals surface area contributed by atoms with E-state index in [9.17, 15) is 20.0 Å². The van der Waals surface area contributed by atoms with E-state index in [1.54, 1.807) is 12.1 Å². The molecule has 0 bridgehead atoms. The number of benzene rings is 2. The van der Waals surface area contributed by atoms with Crippen LogP contribution in [0.2, 0.25) is 0 Å². The average Bonchev–Trinajstić information content (AvgIpc) is 2.89. The first-order valence-corrected chi connectivity index (χ1v) is 7.67. The fourth-order valence-corrected chi connectivity index (χ4v) is 2.89. The molecule has 24 heavy (non-hydrogen) atoms. The van der Waals surface area contributed by atoms with Crippen LogP contribution in [0, 0.1) is 10.1 Å². The summed E-state index contributed by atoms with van der Waals surface area (Å²) in [6, 6.07) is 13.3. The number of phenolic OH excluding ortho intramolecular Hbond substituents is 1. The predicted molar refractivity (Wildman–Crippen MR) is 92.0 cm³/mol. The Morgan fingerprint density at radius 2 is 1.92 bits per heavy atom. The smallest absolute Gasteiger partial charge is 0.311 e. The lowest BCUT2D eigenvalue weighted by molar-refractivity contribution is -0.385. The van der Waals surface area contributed by atoms with Crippen molar-refractivity contribution >= 4 is 40.3 Å². The zero-order chi connectivity index (χ0) is 17.1. The van der Waals surface area contributed by atoms with E-state index in [0.29, 0.717) is 15.8 Å². The molecule has 1 heterocycles. The number of amidine groups is 1. The number of amides is 1. The molecule has 1 saturated heterocycles. The van der Waals surface area contributed by atoms with E-state index in [0.717, 1.165) is 11.8 Å². The van der Waals surface area contributed by atoms with E-state index in [2.05, 4.69) is 10.3 Å². The number of hydrogen-bond acceptors (Lipinski definition) is 6. The quantitative estimate of drug-likeness (QED) is 0.507. The van der Waals surface area contributed by atoms with E-state index in [1.807, 2.05) is 18.2 Å². The molecule has 0 radical (unpaired) electrons. The molecule has 2 aromatic carbocycles. The van der Waals surface area contributed by atoms with Crippen LogP contribution in [-0.2, 0) is 4.79 Å². The van der Waals surface area contributed by atoms with Crippen molar-refractivity contribution in [2.24, 2.45) is 4.99 Å². The molecular weight excluding hydrogens is 330 g/mol. The number of nitro benzene ring substituents is 1. The molecule has 1 aliphatic heterocycles. The van der Waals surface area contributed by atoms with Gasteiger partial charge in [-0.2, -0.15) is 0 Å². The highest BCUT2D eigenvalue weighted by molar-refractivity contribution is 8.18. The van der Waals surface area contributed by atoms with Gasteiger partial charge < -0.3 is 10.4 Å². The Hall–Kier alpha value is -3.13. The van der Waals surface area contributed by atoms with Gasteiger partial charge in [-0.3, -0.25) is 14.9 Å². The largest absolute Gasteiger partial charge is 0.502 e. The topological polar surface area (TPSA) is 105 Å². The number of nitrogens with zero attached hydrogens (tertiary/aromatic N) is 2. The van der Waals surface area contributed by atoms with Crippen molar-refractivity contribution in [3.8, 4) is 5.75 Å². The number of aromatic hydroxyl groups is 1. The maximum atomic E-state index is 12.0. The van der Waals surface area contributed by atoms with Crippen molar-refractivity contribution in [2.75, 3.05) is 0 Å². The van der Waals surface area contributed by atoms with E-state index in [4.69, 9.17) is 0 Å². The van der Waals surface area contributed by atoms with Gasteiger partial charge in [0.05, 0.1) is 15.5 Å². The second-order valence-electron chi connectivity index (χ2n) is 4.79. The lowest BCUT2D eigenvalue weighted by atomic mass is 10.1. The van der Waals surface area contributed by atoms with Crippen LogP contribution in [-0.4, -0.2) is 21.1 Å². The van der Waals surface area contributed by atoms with Crippen LogP contribution < -0.4 is 5.32 Å². The Morgan fingerprint density at radius 1 is 1.17 bits per heavy atom. The summed E-state index contributed by atoms with van der Waals surface area (Å²) >= 11 is 1.10. The first kappa shape index (κ1) is 15.8. The van der Waals surface area contributed by atoms with Gasteiger partial charge in [-0.05, 0) is 30.0 Å². The molecule has 0 aromatic heterocycles. The third kappa shape index (κ3) is 3.28. The van der Waals surface area contributed by atoms with Gasteiger partial charge in [0.1, 0.15) is 0 Å². The monoisotopic (exact) mass is 341 g/mol. The number of thioether (sulfide) groups is 1. The van der Waals surface area contributed by atoms with Gasteiger partial charge in [0, 0.05) is 11.6 Å². The van der Waals surface area contributed by atoms with Gasteiger partial charge in [0.25, 0.3) is 5.91 Å².